The highest BCUT2D eigenvalue weighted by Crippen LogP contribution is 2.21. The first-order valence-electron chi connectivity index (χ1n) is 8.99. The van der Waals surface area contributed by atoms with Crippen molar-refractivity contribution in [1.82, 2.24) is 10.0 Å². The Balaban J connectivity index is 1.88. The van der Waals surface area contributed by atoms with Crippen LogP contribution in [0.1, 0.15) is 38.8 Å². The zero-order valence-electron chi connectivity index (χ0n) is 16.1. The van der Waals surface area contributed by atoms with Crippen molar-refractivity contribution in [3.63, 3.8) is 0 Å². The van der Waals surface area contributed by atoms with E-state index in [9.17, 15) is 13.2 Å². The largest absolute Gasteiger partial charge is 0.491 e. The average Bonchev–Trinajstić information content (AvgIpc) is 2.61. The predicted octanol–water partition coefficient (Wildman–Crippen LogP) is 3.67. The lowest BCUT2D eigenvalue weighted by atomic mass is 10.1. The van der Waals surface area contributed by atoms with Gasteiger partial charge in [-0.3, -0.25) is 4.79 Å². The molecule has 152 valence electrons. The summed E-state index contributed by atoms with van der Waals surface area (Å²) in [5, 5.41) is 2.99. The van der Waals surface area contributed by atoms with E-state index in [1.165, 1.54) is 12.1 Å². The van der Waals surface area contributed by atoms with Crippen LogP contribution in [0.5, 0.6) is 5.75 Å². The van der Waals surface area contributed by atoms with Gasteiger partial charge in [-0.25, -0.2) is 13.1 Å². The molecule has 1 unspecified atom stereocenters. The predicted molar refractivity (Wildman–Crippen MR) is 110 cm³/mol. The van der Waals surface area contributed by atoms with Gasteiger partial charge in [-0.05, 0) is 50.6 Å². The Hall–Kier alpha value is -2.09. The summed E-state index contributed by atoms with van der Waals surface area (Å²) in [6.07, 6.45) is 0.0715. The van der Waals surface area contributed by atoms with Crippen LogP contribution in [0.3, 0.4) is 0 Å². The first-order valence-corrected chi connectivity index (χ1v) is 10.9. The van der Waals surface area contributed by atoms with Crippen LogP contribution in [0.15, 0.2) is 53.4 Å². The van der Waals surface area contributed by atoms with Crippen LogP contribution in [0, 0.1) is 0 Å². The van der Waals surface area contributed by atoms with Crippen LogP contribution in [0.2, 0.25) is 5.02 Å². The molecule has 2 rings (SSSR count). The van der Waals surface area contributed by atoms with Gasteiger partial charge >= 0.3 is 0 Å². The Morgan fingerprint density at radius 2 is 1.82 bits per heavy atom. The van der Waals surface area contributed by atoms with E-state index in [1.54, 1.807) is 12.1 Å². The summed E-state index contributed by atoms with van der Waals surface area (Å²) in [5.74, 6) is 0.477. The Bertz CT molecular complexity index is 916. The van der Waals surface area contributed by atoms with Gasteiger partial charge in [-0.15, -0.1) is 0 Å². The second kappa shape index (κ2) is 9.91. The number of halogens is 1. The van der Waals surface area contributed by atoms with Crippen molar-refractivity contribution < 1.29 is 17.9 Å². The van der Waals surface area contributed by atoms with E-state index in [-0.39, 0.29) is 40.9 Å². The highest BCUT2D eigenvalue weighted by atomic mass is 35.5. The monoisotopic (exact) mass is 424 g/mol. The third kappa shape index (κ3) is 6.51. The number of ether oxygens (including phenoxy) is 1. The quantitative estimate of drug-likeness (QED) is 0.643. The highest BCUT2D eigenvalue weighted by Gasteiger charge is 2.18. The zero-order chi connectivity index (χ0) is 20.7. The minimum absolute atomic E-state index is 0.00703. The molecule has 0 bridgehead atoms. The van der Waals surface area contributed by atoms with Gasteiger partial charge in [0.2, 0.25) is 15.9 Å². The van der Waals surface area contributed by atoms with Crippen LogP contribution in [0.25, 0.3) is 0 Å². The number of carbonyl (C=O) groups excluding carboxylic acids is 1. The Labute approximate surface area is 171 Å². The molecular formula is C20H25ClN2O4S. The second-order valence-corrected chi connectivity index (χ2v) is 8.75. The van der Waals surface area contributed by atoms with Crippen molar-refractivity contribution in [3.05, 3.63) is 59.1 Å². The third-order valence-corrected chi connectivity index (χ3v) is 5.84. The molecule has 2 aromatic carbocycles. The lowest BCUT2D eigenvalue weighted by Crippen LogP contribution is -2.32. The second-order valence-electron chi connectivity index (χ2n) is 6.61. The van der Waals surface area contributed by atoms with Crippen molar-refractivity contribution in [2.45, 2.75) is 44.2 Å². The number of amides is 1. The average molecular weight is 425 g/mol. The maximum absolute atomic E-state index is 12.3. The van der Waals surface area contributed by atoms with E-state index in [4.69, 9.17) is 16.3 Å². The molecule has 0 aliphatic carbocycles. The van der Waals surface area contributed by atoms with Gasteiger partial charge in [0.05, 0.1) is 17.2 Å². The van der Waals surface area contributed by atoms with Gasteiger partial charge in [0.1, 0.15) is 10.6 Å². The van der Waals surface area contributed by atoms with Gasteiger partial charge in [-0.1, -0.05) is 35.9 Å². The van der Waals surface area contributed by atoms with Crippen molar-refractivity contribution in [2.24, 2.45) is 0 Å². The topological polar surface area (TPSA) is 84.5 Å². The number of nitrogens with one attached hydrogen (secondary N) is 2. The summed E-state index contributed by atoms with van der Waals surface area (Å²) in [5.41, 5.74) is 0.906. The molecule has 2 aromatic rings. The molecule has 0 saturated carbocycles. The first-order chi connectivity index (χ1) is 13.2. The van der Waals surface area contributed by atoms with Gasteiger partial charge in [0, 0.05) is 13.0 Å². The standard InChI is InChI=1S/C20H25ClN2O4S/c1-14(2)27-17-8-6-7-16(13-17)15(3)23-20(24)11-12-22-28(25,26)19-10-5-4-9-18(19)21/h4-10,13-15,22H,11-12H2,1-3H3,(H,23,24). The minimum atomic E-state index is -3.76. The number of carbonyl (C=O) groups is 1. The summed E-state index contributed by atoms with van der Waals surface area (Å²) in [7, 11) is -3.76. The van der Waals surface area contributed by atoms with E-state index in [2.05, 4.69) is 10.0 Å². The fourth-order valence-electron chi connectivity index (χ4n) is 2.57. The van der Waals surface area contributed by atoms with Gasteiger partial charge in [-0.2, -0.15) is 0 Å². The summed E-state index contributed by atoms with van der Waals surface area (Å²) in [4.78, 5) is 12.2. The van der Waals surface area contributed by atoms with Crippen LogP contribution in [0.4, 0.5) is 0 Å². The van der Waals surface area contributed by atoms with Gasteiger partial charge in [0.25, 0.3) is 0 Å². The molecule has 0 saturated heterocycles. The number of hydrogen-bond donors (Lipinski definition) is 2. The van der Waals surface area contributed by atoms with E-state index >= 15 is 0 Å². The first kappa shape index (κ1) is 22.2. The molecule has 1 atom stereocenters. The summed E-state index contributed by atoms with van der Waals surface area (Å²) in [6, 6.07) is 13.4. The van der Waals surface area contributed by atoms with E-state index in [1.807, 2.05) is 45.0 Å². The lowest BCUT2D eigenvalue weighted by Gasteiger charge is -2.17. The van der Waals surface area contributed by atoms with Crippen molar-refractivity contribution >= 4 is 27.5 Å². The smallest absolute Gasteiger partial charge is 0.242 e. The zero-order valence-corrected chi connectivity index (χ0v) is 17.7. The van der Waals surface area contributed by atoms with E-state index < -0.39 is 10.0 Å². The molecule has 0 aromatic heterocycles. The fraction of sp³-hybridized carbons (Fsp3) is 0.350. The molecule has 0 radical (unpaired) electrons. The number of hydrogen-bond acceptors (Lipinski definition) is 4. The van der Waals surface area contributed by atoms with Crippen LogP contribution < -0.4 is 14.8 Å². The maximum Gasteiger partial charge on any atom is 0.242 e. The normalized spacial score (nSPS) is 12.6. The molecule has 28 heavy (non-hydrogen) atoms. The number of sulfonamides is 1. The van der Waals surface area contributed by atoms with Crippen molar-refractivity contribution in [2.75, 3.05) is 6.54 Å². The summed E-state index contributed by atoms with van der Waals surface area (Å²) < 4.78 is 32.6. The Kier molecular flexibility index (Phi) is 7.86. The number of benzene rings is 2. The van der Waals surface area contributed by atoms with E-state index in [0.717, 1.165) is 11.3 Å². The molecule has 0 aliphatic rings. The molecule has 2 N–H and O–H groups in total. The molecule has 0 heterocycles. The van der Waals surface area contributed by atoms with Gasteiger partial charge in [0.15, 0.2) is 0 Å². The maximum atomic E-state index is 12.3. The van der Waals surface area contributed by atoms with Gasteiger partial charge < -0.3 is 10.1 Å². The molecule has 8 heteroatoms. The molecule has 0 fully saturated rings. The van der Waals surface area contributed by atoms with Crippen molar-refractivity contribution in [3.8, 4) is 5.75 Å². The summed E-state index contributed by atoms with van der Waals surface area (Å²) >= 11 is 5.92. The lowest BCUT2D eigenvalue weighted by molar-refractivity contribution is -0.121. The minimum Gasteiger partial charge on any atom is -0.491 e. The van der Waals surface area contributed by atoms with Crippen molar-refractivity contribution in [1.29, 1.82) is 0 Å². The van der Waals surface area contributed by atoms with Crippen LogP contribution in [-0.2, 0) is 14.8 Å². The Morgan fingerprint density at radius 1 is 1.11 bits per heavy atom. The van der Waals surface area contributed by atoms with Crippen LogP contribution >= 0.6 is 11.6 Å². The van der Waals surface area contributed by atoms with E-state index in [0.29, 0.717) is 0 Å². The van der Waals surface area contributed by atoms with Crippen LogP contribution in [-0.4, -0.2) is 27.0 Å². The fourth-order valence-corrected chi connectivity index (χ4v) is 4.11. The highest BCUT2D eigenvalue weighted by molar-refractivity contribution is 7.89. The molecule has 1 amide bonds. The number of rotatable bonds is 9. The Morgan fingerprint density at radius 3 is 2.50 bits per heavy atom. The molecule has 6 nitrogen and oxygen atoms in total. The molecule has 0 aliphatic heterocycles. The molecule has 0 spiro atoms. The SMILES string of the molecule is CC(C)Oc1cccc(C(C)NC(=O)CCNS(=O)(=O)c2ccccc2Cl)c1. The molecular weight excluding hydrogens is 400 g/mol. The summed E-state index contributed by atoms with van der Waals surface area (Å²) in [6.45, 7) is 5.73. The third-order valence-electron chi connectivity index (χ3n) is 3.88.